The monoisotopic (exact) mass is 332 g/mol. The van der Waals surface area contributed by atoms with Gasteiger partial charge in [-0.25, -0.2) is 9.36 Å². The van der Waals surface area contributed by atoms with Gasteiger partial charge in [-0.05, 0) is 18.4 Å². The molecule has 2 aromatic rings. The quantitative estimate of drug-likeness (QED) is 0.799. The van der Waals surface area contributed by atoms with Gasteiger partial charge in [-0.2, -0.15) is 5.26 Å². The fraction of sp³-hybridized carbons (Fsp3) is 0.333. The van der Waals surface area contributed by atoms with E-state index in [1.54, 1.807) is 11.0 Å². The second-order valence-corrected chi connectivity index (χ2v) is 5.96. The third-order valence-corrected chi connectivity index (χ3v) is 4.27. The first-order chi connectivity index (χ1) is 11.0. The molecule has 0 bridgehead atoms. The number of rotatable bonds is 5. The summed E-state index contributed by atoms with van der Waals surface area (Å²) in [4.78, 5) is 39.2. The molecule has 0 unspecified atom stereocenters. The van der Waals surface area contributed by atoms with Crippen molar-refractivity contribution in [2.24, 2.45) is 7.05 Å². The van der Waals surface area contributed by atoms with Gasteiger partial charge < -0.3 is 9.47 Å². The fourth-order valence-electron chi connectivity index (χ4n) is 2.15. The van der Waals surface area contributed by atoms with Gasteiger partial charge in [-0.1, -0.05) is 6.07 Å². The number of nitriles is 1. The minimum atomic E-state index is -0.740. The van der Waals surface area contributed by atoms with Crippen molar-refractivity contribution in [1.82, 2.24) is 14.0 Å². The highest BCUT2D eigenvalue weighted by Crippen LogP contribution is 2.11. The van der Waals surface area contributed by atoms with Gasteiger partial charge >= 0.3 is 5.69 Å². The number of likely N-dealkylation sites (N-methyl/N-ethyl adjacent to an activating group) is 1. The van der Waals surface area contributed by atoms with Crippen LogP contribution in [0, 0.1) is 11.3 Å². The Morgan fingerprint density at radius 3 is 2.74 bits per heavy atom. The summed E-state index contributed by atoms with van der Waals surface area (Å²) < 4.78 is 1.93. The molecular formula is C15H16N4O3S. The molecule has 0 N–H and O–H groups in total. The Labute approximate surface area is 136 Å². The highest BCUT2D eigenvalue weighted by atomic mass is 32.1. The lowest BCUT2D eigenvalue weighted by atomic mass is 10.3. The molecule has 0 saturated carbocycles. The Morgan fingerprint density at radius 2 is 2.17 bits per heavy atom. The fourth-order valence-corrected chi connectivity index (χ4v) is 2.86. The first-order valence-corrected chi connectivity index (χ1v) is 7.86. The van der Waals surface area contributed by atoms with Crippen LogP contribution in [0.3, 0.4) is 0 Å². The van der Waals surface area contributed by atoms with Crippen LogP contribution in [0.25, 0.3) is 0 Å². The second kappa shape index (κ2) is 7.07. The maximum Gasteiger partial charge on any atom is 0.331 e. The molecule has 0 saturated heterocycles. The SMILES string of the molecule is CCN(Cc1cccs1)C(=O)Cn1c(=O)c(C#N)cn(C)c1=O. The normalized spacial score (nSPS) is 10.3. The number of carbonyl (C=O) groups is 1. The van der Waals surface area contributed by atoms with Crippen molar-refractivity contribution in [3.63, 3.8) is 0 Å². The summed E-state index contributed by atoms with van der Waals surface area (Å²) in [6.07, 6.45) is 1.18. The van der Waals surface area contributed by atoms with Crippen LogP contribution in [0.5, 0.6) is 0 Å². The van der Waals surface area contributed by atoms with Crippen LogP contribution in [0.4, 0.5) is 0 Å². The molecule has 0 atom stereocenters. The maximum absolute atomic E-state index is 12.4. The van der Waals surface area contributed by atoms with Gasteiger partial charge in [0.1, 0.15) is 18.2 Å². The van der Waals surface area contributed by atoms with E-state index in [2.05, 4.69) is 0 Å². The molecule has 0 aliphatic rings. The van der Waals surface area contributed by atoms with Crippen molar-refractivity contribution in [2.75, 3.05) is 6.54 Å². The topological polar surface area (TPSA) is 88.1 Å². The van der Waals surface area contributed by atoms with Crippen LogP contribution in [0.1, 0.15) is 17.4 Å². The van der Waals surface area contributed by atoms with Crippen LogP contribution >= 0.6 is 11.3 Å². The molecule has 0 fully saturated rings. The molecule has 2 aromatic heterocycles. The van der Waals surface area contributed by atoms with E-state index in [-0.39, 0.29) is 18.0 Å². The number of aryl methyl sites for hydroxylation is 1. The van der Waals surface area contributed by atoms with Crippen LogP contribution in [0.15, 0.2) is 33.3 Å². The predicted octanol–water partition coefficient (Wildman–Crippen LogP) is 0.529. The molecule has 1 amide bonds. The molecule has 0 radical (unpaired) electrons. The summed E-state index contributed by atoms with van der Waals surface area (Å²) in [5, 5.41) is 10.9. The first-order valence-electron chi connectivity index (χ1n) is 6.98. The van der Waals surface area contributed by atoms with Crippen LogP contribution < -0.4 is 11.2 Å². The van der Waals surface area contributed by atoms with Gasteiger partial charge in [0.2, 0.25) is 5.91 Å². The lowest BCUT2D eigenvalue weighted by Gasteiger charge is -2.20. The van der Waals surface area contributed by atoms with Crippen molar-refractivity contribution in [3.05, 3.63) is 55.0 Å². The molecule has 0 spiro atoms. The summed E-state index contributed by atoms with van der Waals surface area (Å²) >= 11 is 1.53. The minimum Gasteiger partial charge on any atom is -0.336 e. The van der Waals surface area contributed by atoms with Gasteiger partial charge in [-0.15, -0.1) is 11.3 Å². The number of aromatic nitrogens is 2. The number of hydrogen-bond acceptors (Lipinski definition) is 5. The Balaban J connectivity index is 2.29. The number of carbonyl (C=O) groups excluding carboxylic acids is 1. The van der Waals surface area contributed by atoms with E-state index in [1.807, 2.05) is 24.4 Å². The van der Waals surface area contributed by atoms with Crippen LogP contribution in [0.2, 0.25) is 0 Å². The molecule has 23 heavy (non-hydrogen) atoms. The second-order valence-electron chi connectivity index (χ2n) is 4.93. The molecule has 120 valence electrons. The maximum atomic E-state index is 12.4. The van der Waals surface area contributed by atoms with E-state index in [4.69, 9.17) is 5.26 Å². The molecule has 2 heterocycles. The van der Waals surface area contributed by atoms with Crippen molar-refractivity contribution < 1.29 is 4.79 Å². The van der Waals surface area contributed by atoms with Crippen molar-refractivity contribution >= 4 is 17.2 Å². The van der Waals surface area contributed by atoms with Crippen molar-refractivity contribution in [1.29, 1.82) is 5.26 Å². The summed E-state index contributed by atoms with van der Waals surface area (Å²) in [5.41, 5.74) is -1.52. The van der Waals surface area contributed by atoms with Crippen molar-refractivity contribution in [3.8, 4) is 6.07 Å². The van der Waals surface area contributed by atoms with Crippen molar-refractivity contribution in [2.45, 2.75) is 20.0 Å². The smallest absolute Gasteiger partial charge is 0.331 e. The lowest BCUT2D eigenvalue weighted by Crippen LogP contribution is -2.44. The molecular weight excluding hydrogens is 316 g/mol. The Morgan fingerprint density at radius 1 is 1.43 bits per heavy atom. The summed E-state index contributed by atoms with van der Waals surface area (Å²) in [6.45, 7) is 2.35. The predicted molar refractivity (Wildman–Crippen MR) is 86.1 cm³/mol. The van der Waals surface area contributed by atoms with Gasteiger partial charge in [0.25, 0.3) is 5.56 Å². The summed E-state index contributed by atoms with van der Waals surface area (Å²) in [7, 11) is 1.44. The molecule has 2 rings (SSSR count). The zero-order valence-corrected chi connectivity index (χ0v) is 13.7. The molecule has 0 aromatic carbocycles. The Bertz CT molecular complexity index is 858. The van der Waals surface area contributed by atoms with E-state index in [1.165, 1.54) is 24.6 Å². The summed E-state index contributed by atoms with van der Waals surface area (Å²) in [6, 6.07) is 5.56. The summed E-state index contributed by atoms with van der Waals surface area (Å²) in [5.74, 6) is -0.338. The zero-order chi connectivity index (χ0) is 17.0. The number of hydrogen-bond donors (Lipinski definition) is 0. The van der Waals surface area contributed by atoms with E-state index < -0.39 is 11.2 Å². The lowest BCUT2D eigenvalue weighted by molar-refractivity contribution is -0.132. The highest BCUT2D eigenvalue weighted by Gasteiger charge is 2.17. The first kappa shape index (κ1) is 16.7. The third-order valence-electron chi connectivity index (χ3n) is 3.41. The average molecular weight is 332 g/mol. The number of thiophene rings is 1. The van der Waals surface area contributed by atoms with E-state index in [0.29, 0.717) is 13.1 Å². The Kier molecular flexibility index (Phi) is 5.13. The third kappa shape index (κ3) is 3.57. The largest absolute Gasteiger partial charge is 0.336 e. The van der Waals surface area contributed by atoms with E-state index in [0.717, 1.165) is 14.0 Å². The van der Waals surface area contributed by atoms with Gasteiger partial charge in [0, 0.05) is 24.7 Å². The van der Waals surface area contributed by atoms with Crippen LogP contribution in [-0.4, -0.2) is 26.5 Å². The number of nitrogens with zero attached hydrogens (tertiary/aromatic N) is 4. The Hall–Kier alpha value is -2.66. The highest BCUT2D eigenvalue weighted by molar-refractivity contribution is 7.09. The van der Waals surface area contributed by atoms with Crippen LogP contribution in [-0.2, 0) is 24.9 Å². The molecule has 0 aliphatic heterocycles. The minimum absolute atomic E-state index is 0.166. The molecule has 8 heteroatoms. The molecule has 7 nitrogen and oxygen atoms in total. The standard InChI is InChI=1S/C15H16N4O3S/c1-3-18(9-12-5-4-6-23-12)13(20)10-19-14(21)11(7-16)8-17(2)15(19)22/h4-6,8H,3,9-10H2,1-2H3. The average Bonchev–Trinajstić information content (AvgIpc) is 3.05. The van der Waals surface area contributed by atoms with Gasteiger partial charge in [0.15, 0.2) is 0 Å². The zero-order valence-electron chi connectivity index (χ0n) is 12.9. The molecule has 0 aliphatic carbocycles. The van der Waals surface area contributed by atoms with E-state index >= 15 is 0 Å². The number of amides is 1. The van der Waals surface area contributed by atoms with Gasteiger partial charge in [-0.3, -0.25) is 9.59 Å². The van der Waals surface area contributed by atoms with E-state index in [9.17, 15) is 14.4 Å². The van der Waals surface area contributed by atoms with Gasteiger partial charge in [0.05, 0.1) is 6.54 Å².